The SMILES string of the molecule is COCOc1cccc(Cl)c1C(N)=S. The van der Waals surface area contributed by atoms with Gasteiger partial charge in [-0.2, -0.15) is 0 Å². The molecule has 1 aromatic rings. The van der Waals surface area contributed by atoms with Crippen LogP contribution in [-0.2, 0) is 4.74 Å². The van der Waals surface area contributed by atoms with Gasteiger partial charge in [0.15, 0.2) is 6.79 Å². The Morgan fingerprint density at radius 1 is 1.57 bits per heavy atom. The second-order valence-electron chi connectivity index (χ2n) is 2.53. The zero-order valence-electron chi connectivity index (χ0n) is 7.62. The number of thiocarbonyl (C=S) groups is 1. The smallest absolute Gasteiger partial charge is 0.188 e. The topological polar surface area (TPSA) is 44.5 Å². The molecule has 0 aliphatic heterocycles. The molecular formula is C9H10ClNO2S. The highest BCUT2D eigenvalue weighted by Gasteiger charge is 2.10. The van der Waals surface area contributed by atoms with Crippen LogP contribution in [0.2, 0.25) is 5.02 Å². The van der Waals surface area contributed by atoms with Gasteiger partial charge in [0, 0.05) is 7.11 Å². The number of ether oxygens (including phenoxy) is 2. The van der Waals surface area contributed by atoms with Crippen LogP contribution in [0.4, 0.5) is 0 Å². The van der Waals surface area contributed by atoms with Crippen molar-refractivity contribution >= 4 is 28.8 Å². The first-order chi connectivity index (χ1) is 6.66. The van der Waals surface area contributed by atoms with E-state index in [0.717, 1.165) is 0 Å². The fraction of sp³-hybridized carbons (Fsp3) is 0.222. The fourth-order valence-corrected chi connectivity index (χ4v) is 1.52. The molecule has 0 bridgehead atoms. The highest BCUT2D eigenvalue weighted by Crippen LogP contribution is 2.26. The first-order valence-corrected chi connectivity index (χ1v) is 4.65. The second kappa shape index (κ2) is 5.14. The van der Waals surface area contributed by atoms with Crippen LogP contribution in [0.15, 0.2) is 18.2 Å². The first-order valence-electron chi connectivity index (χ1n) is 3.87. The normalized spacial score (nSPS) is 9.86. The highest BCUT2D eigenvalue weighted by atomic mass is 35.5. The summed E-state index contributed by atoms with van der Waals surface area (Å²) in [5.41, 5.74) is 6.06. The molecule has 0 saturated carbocycles. The third-order valence-corrected chi connectivity index (χ3v) is 2.07. The maximum atomic E-state index is 5.91. The number of rotatable bonds is 4. The molecule has 0 aliphatic carbocycles. The molecule has 0 radical (unpaired) electrons. The van der Waals surface area contributed by atoms with Gasteiger partial charge in [-0.15, -0.1) is 0 Å². The van der Waals surface area contributed by atoms with Gasteiger partial charge in [0.2, 0.25) is 0 Å². The maximum Gasteiger partial charge on any atom is 0.188 e. The summed E-state index contributed by atoms with van der Waals surface area (Å²) in [5.74, 6) is 0.534. The molecular weight excluding hydrogens is 222 g/mol. The minimum absolute atomic E-state index is 0.135. The molecule has 5 heteroatoms. The van der Waals surface area contributed by atoms with Gasteiger partial charge in [-0.05, 0) is 12.1 Å². The van der Waals surface area contributed by atoms with Crippen LogP contribution in [0.1, 0.15) is 5.56 Å². The number of methoxy groups -OCH3 is 1. The van der Waals surface area contributed by atoms with Crippen molar-refractivity contribution in [1.82, 2.24) is 0 Å². The van der Waals surface area contributed by atoms with Crippen LogP contribution in [-0.4, -0.2) is 18.9 Å². The van der Waals surface area contributed by atoms with Crippen LogP contribution in [0.5, 0.6) is 5.75 Å². The zero-order valence-corrected chi connectivity index (χ0v) is 9.19. The van der Waals surface area contributed by atoms with Crippen molar-refractivity contribution in [3.63, 3.8) is 0 Å². The summed E-state index contributed by atoms with van der Waals surface area (Å²) in [4.78, 5) is 0.210. The van der Waals surface area contributed by atoms with Gasteiger partial charge in [-0.1, -0.05) is 29.9 Å². The number of hydrogen-bond acceptors (Lipinski definition) is 3. The summed E-state index contributed by atoms with van der Waals surface area (Å²) >= 11 is 10.8. The van der Waals surface area contributed by atoms with Gasteiger partial charge >= 0.3 is 0 Å². The molecule has 0 aliphatic rings. The van der Waals surface area contributed by atoms with E-state index >= 15 is 0 Å². The van der Waals surface area contributed by atoms with E-state index < -0.39 is 0 Å². The summed E-state index contributed by atoms with van der Waals surface area (Å²) < 4.78 is 10.0. The van der Waals surface area contributed by atoms with Gasteiger partial charge in [0.1, 0.15) is 10.7 Å². The van der Waals surface area contributed by atoms with E-state index in [-0.39, 0.29) is 11.8 Å². The van der Waals surface area contributed by atoms with E-state index in [9.17, 15) is 0 Å². The molecule has 14 heavy (non-hydrogen) atoms. The highest BCUT2D eigenvalue weighted by molar-refractivity contribution is 7.80. The summed E-state index contributed by atoms with van der Waals surface area (Å²) in [5, 5.41) is 0.478. The Hall–Kier alpha value is -0.840. The number of benzene rings is 1. The molecule has 0 atom stereocenters. The number of halogens is 1. The quantitative estimate of drug-likeness (QED) is 0.636. The Balaban J connectivity index is 3.02. The molecule has 76 valence electrons. The minimum atomic E-state index is 0.135. The largest absolute Gasteiger partial charge is 0.467 e. The molecule has 0 fully saturated rings. The van der Waals surface area contributed by atoms with E-state index in [4.69, 9.17) is 39.0 Å². The second-order valence-corrected chi connectivity index (χ2v) is 3.38. The molecule has 1 aromatic carbocycles. The third-order valence-electron chi connectivity index (χ3n) is 1.55. The lowest BCUT2D eigenvalue weighted by molar-refractivity contribution is 0.0510. The fourth-order valence-electron chi connectivity index (χ4n) is 0.986. The summed E-state index contributed by atoms with van der Waals surface area (Å²) in [6, 6.07) is 5.20. The van der Waals surface area contributed by atoms with Gasteiger partial charge < -0.3 is 15.2 Å². The van der Waals surface area contributed by atoms with Crippen molar-refractivity contribution in [2.45, 2.75) is 0 Å². The molecule has 2 N–H and O–H groups in total. The van der Waals surface area contributed by atoms with Crippen molar-refractivity contribution in [3.8, 4) is 5.75 Å². The van der Waals surface area contributed by atoms with E-state index in [1.54, 1.807) is 18.2 Å². The van der Waals surface area contributed by atoms with E-state index in [1.807, 2.05) is 0 Å². The van der Waals surface area contributed by atoms with Crippen molar-refractivity contribution in [2.75, 3.05) is 13.9 Å². The molecule has 0 unspecified atom stereocenters. The van der Waals surface area contributed by atoms with Crippen molar-refractivity contribution in [3.05, 3.63) is 28.8 Å². The zero-order chi connectivity index (χ0) is 10.6. The lowest BCUT2D eigenvalue weighted by Gasteiger charge is -2.10. The molecule has 3 nitrogen and oxygen atoms in total. The Labute approximate surface area is 92.8 Å². The molecule has 0 saturated heterocycles. The average Bonchev–Trinajstić information content (AvgIpc) is 2.14. The Bertz CT molecular complexity index is 344. The van der Waals surface area contributed by atoms with Crippen molar-refractivity contribution < 1.29 is 9.47 Å². The molecule has 0 heterocycles. The third kappa shape index (κ3) is 2.57. The molecule has 0 aromatic heterocycles. The minimum Gasteiger partial charge on any atom is -0.467 e. The number of hydrogen-bond donors (Lipinski definition) is 1. The molecule has 0 spiro atoms. The van der Waals surface area contributed by atoms with Gasteiger partial charge in [0.25, 0.3) is 0 Å². The van der Waals surface area contributed by atoms with Crippen LogP contribution in [0.3, 0.4) is 0 Å². The average molecular weight is 232 g/mol. The van der Waals surface area contributed by atoms with Crippen molar-refractivity contribution in [1.29, 1.82) is 0 Å². The van der Waals surface area contributed by atoms with Gasteiger partial charge in [0.05, 0.1) is 10.6 Å². The maximum absolute atomic E-state index is 5.91. The lowest BCUT2D eigenvalue weighted by atomic mass is 10.2. The Morgan fingerprint density at radius 2 is 2.29 bits per heavy atom. The van der Waals surface area contributed by atoms with E-state index in [1.165, 1.54) is 7.11 Å². The predicted molar refractivity (Wildman–Crippen MR) is 59.8 cm³/mol. The number of nitrogens with two attached hydrogens (primary N) is 1. The summed E-state index contributed by atoms with van der Waals surface area (Å²) in [7, 11) is 1.53. The Kier molecular flexibility index (Phi) is 4.13. The first kappa shape index (κ1) is 11.2. The van der Waals surface area contributed by atoms with E-state index in [0.29, 0.717) is 16.3 Å². The van der Waals surface area contributed by atoms with Crippen LogP contribution in [0.25, 0.3) is 0 Å². The van der Waals surface area contributed by atoms with Gasteiger partial charge in [-0.25, -0.2) is 0 Å². The predicted octanol–water partition coefficient (Wildman–Crippen LogP) is 1.96. The van der Waals surface area contributed by atoms with Crippen LogP contribution in [0, 0.1) is 0 Å². The lowest BCUT2D eigenvalue weighted by Crippen LogP contribution is -2.13. The summed E-state index contributed by atoms with van der Waals surface area (Å²) in [6.45, 7) is 0.135. The standard InChI is InChI=1S/C9H10ClNO2S/c1-12-5-13-7-4-2-3-6(10)8(7)9(11)14/h2-4H,5H2,1H3,(H2,11,14). The summed E-state index contributed by atoms with van der Waals surface area (Å²) in [6.07, 6.45) is 0. The van der Waals surface area contributed by atoms with Crippen LogP contribution < -0.4 is 10.5 Å². The van der Waals surface area contributed by atoms with Crippen LogP contribution >= 0.6 is 23.8 Å². The molecule has 1 rings (SSSR count). The van der Waals surface area contributed by atoms with Gasteiger partial charge in [-0.3, -0.25) is 0 Å². The van der Waals surface area contributed by atoms with E-state index in [2.05, 4.69) is 0 Å². The monoisotopic (exact) mass is 231 g/mol. The Morgan fingerprint density at radius 3 is 2.86 bits per heavy atom. The molecule has 0 amide bonds. The van der Waals surface area contributed by atoms with Crippen molar-refractivity contribution in [2.24, 2.45) is 5.73 Å².